The maximum atomic E-state index is 5.77. The highest BCUT2D eigenvalue weighted by molar-refractivity contribution is 7.99. The van der Waals surface area contributed by atoms with Crippen LogP contribution in [-0.4, -0.2) is 12.0 Å². The third kappa shape index (κ3) is 2.71. The molecular formula is C16H16N2OS. The monoisotopic (exact) mass is 284 g/mol. The quantitative estimate of drug-likeness (QED) is 0.785. The second-order valence-electron chi connectivity index (χ2n) is 4.69. The van der Waals surface area contributed by atoms with E-state index in [1.165, 1.54) is 16.0 Å². The summed E-state index contributed by atoms with van der Waals surface area (Å²) < 4.78 is 5.77. The molecule has 0 unspecified atom stereocenters. The second kappa shape index (κ2) is 5.69. The lowest BCUT2D eigenvalue weighted by Gasteiger charge is -2.07. The second-order valence-corrected chi connectivity index (χ2v) is 5.68. The van der Waals surface area contributed by atoms with Gasteiger partial charge in [-0.3, -0.25) is 0 Å². The molecule has 0 aliphatic heterocycles. The van der Waals surface area contributed by atoms with Crippen molar-refractivity contribution in [2.45, 2.75) is 23.6 Å². The summed E-state index contributed by atoms with van der Waals surface area (Å²) in [5.74, 6) is 0. The standard InChI is InChI=1S/C16H16N2OS/c1-11-7-8-15(12(9-11)10-17-2)20-16-18-13-5-3-4-6-14(13)19-16/h3-9,17H,10H2,1-2H3. The van der Waals surface area contributed by atoms with Crippen molar-refractivity contribution in [1.29, 1.82) is 0 Å². The summed E-state index contributed by atoms with van der Waals surface area (Å²) in [7, 11) is 1.95. The first-order chi connectivity index (χ1) is 9.76. The summed E-state index contributed by atoms with van der Waals surface area (Å²) in [6.45, 7) is 2.94. The van der Waals surface area contributed by atoms with Crippen LogP contribution >= 0.6 is 11.8 Å². The van der Waals surface area contributed by atoms with Gasteiger partial charge in [-0.1, -0.05) is 29.8 Å². The zero-order chi connectivity index (χ0) is 13.9. The zero-order valence-electron chi connectivity index (χ0n) is 11.5. The van der Waals surface area contributed by atoms with E-state index in [9.17, 15) is 0 Å². The summed E-state index contributed by atoms with van der Waals surface area (Å²) in [6.07, 6.45) is 0. The Labute approximate surface area is 122 Å². The molecule has 20 heavy (non-hydrogen) atoms. The Kier molecular flexibility index (Phi) is 3.76. The van der Waals surface area contributed by atoms with E-state index in [1.807, 2.05) is 31.3 Å². The number of oxazole rings is 1. The number of fused-ring (bicyclic) bond motifs is 1. The summed E-state index contributed by atoms with van der Waals surface area (Å²) in [5, 5.41) is 3.89. The van der Waals surface area contributed by atoms with Gasteiger partial charge in [0.1, 0.15) is 5.52 Å². The van der Waals surface area contributed by atoms with Crippen LogP contribution in [0, 0.1) is 6.92 Å². The highest BCUT2D eigenvalue weighted by Gasteiger charge is 2.10. The largest absolute Gasteiger partial charge is 0.431 e. The fourth-order valence-electron chi connectivity index (χ4n) is 2.13. The first-order valence-electron chi connectivity index (χ1n) is 6.54. The fourth-order valence-corrected chi connectivity index (χ4v) is 2.99. The third-order valence-electron chi connectivity index (χ3n) is 3.05. The number of hydrogen-bond acceptors (Lipinski definition) is 4. The number of hydrogen-bond donors (Lipinski definition) is 1. The lowest BCUT2D eigenvalue weighted by Crippen LogP contribution is -2.06. The van der Waals surface area contributed by atoms with Crippen LogP contribution in [0.2, 0.25) is 0 Å². The van der Waals surface area contributed by atoms with Gasteiger partial charge in [-0.2, -0.15) is 0 Å². The van der Waals surface area contributed by atoms with Gasteiger partial charge in [-0.25, -0.2) is 4.98 Å². The molecule has 4 heteroatoms. The molecule has 2 aromatic carbocycles. The molecule has 3 rings (SSSR count). The van der Waals surface area contributed by atoms with E-state index >= 15 is 0 Å². The van der Waals surface area contributed by atoms with E-state index in [2.05, 4.69) is 35.4 Å². The van der Waals surface area contributed by atoms with Crippen LogP contribution in [0.4, 0.5) is 0 Å². The van der Waals surface area contributed by atoms with Crippen LogP contribution < -0.4 is 5.32 Å². The van der Waals surface area contributed by atoms with Crippen LogP contribution in [-0.2, 0) is 6.54 Å². The zero-order valence-corrected chi connectivity index (χ0v) is 12.3. The molecule has 1 heterocycles. The molecule has 0 aliphatic carbocycles. The molecule has 0 atom stereocenters. The number of rotatable bonds is 4. The van der Waals surface area contributed by atoms with Crippen molar-refractivity contribution in [3.8, 4) is 0 Å². The van der Waals surface area contributed by atoms with Gasteiger partial charge < -0.3 is 9.73 Å². The van der Waals surface area contributed by atoms with Crippen LogP contribution in [0.1, 0.15) is 11.1 Å². The van der Waals surface area contributed by atoms with E-state index in [-0.39, 0.29) is 0 Å². The lowest BCUT2D eigenvalue weighted by molar-refractivity contribution is 0.489. The van der Waals surface area contributed by atoms with E-state index in [0.717, 1.165) is 17.6 Å². The molecule has 0 aliphatic rings. The summed E-state index contributed by atoms with van der Waals surface area (Å²) in [6, 6.07) is 14.3. The molecular weight excluding hydrogens is 268 g/mol. The Balaban J connectivity index is 1.93. The van der Waals surface area contributed by atoms with Crippen molar-refractivity contribution in [1.82, 2.24) is 10.3 Å². The van der Waals surface area contributed by atoms with Crippen LogP contribution in [0.3, 0.4) is 0 Å². The number of aromatic nitrogens is 1. The van der Waals surface area contributed by atoms with Crippen molar-refractivity contribution in [3.05, 3.63) is 53.6 Å². The smallest absolute Gasteiger partial charge is 0.261 e. The molecule has 0 saturated heterocycles. The molecule has 3 aromatic rings. The van der Waals surface area contributed by atoms with Crippen molar-refractivity contribution in [3.63, 3.8) is 0 Å². The molecule has 1 aromatic heterocycles. The summed E-state index contributed by atoms with van der Waals surface area (Å²) in [4.78, 5) is 5.68. The highest BCUT2D eigenvalue weighted by Crippen LogP contribution is 2.32. The van der Waals surface area contributed by atoms with Gasteiger partial charge in [0.15, 0.2) is 5.58 Å². The van der Waals surface area contributed by atoms with Gasteiger partial charge in [0.2, 0.25) is 0 Å². The molecule has 0 saturated carbocycles. The summed E-state index contributed by atoms with van der Waals surface area (Å²) >= 11 is 1.57. The van der Waals surface area contributed by atoms with Crippen molar-refractivity contribution < 1.29 is 4.42 Å². The first kappa shape index (κ1) is 13.2. The lowest BCUT2D eigenvalue weighted by atomic mass is 10.1. The molecule has 0 fully saturated rings. The van der Waals surface area contributed by atoms with Crippen molar-refractivity contribution >= 4 is 22.9 Å². The number of para-hydroxylation sites is 2. The van der Waals surface area contributed by atoms with Gasteiger partial charge in [-0.15, -0.1) is 0 Å². The molecule has 1 N–H and O–H groups in total. The molecule has 0 amide bonds. The first-order valence-corrected chi connectivity index (χ1v) is 7.35. The number of benzene rings is 2. The molecule has 0 radical (unpaired) electrons. The van der Waals surface area contributed by atoms with E-state index in [4.69, 9.17) is 4.42 Å². The Morgan fingerprint density at radius 1 is 1.20 bits per heavy atom. The molecule has 0 spiro atoms. The Hall–Kier alpha value is -1.78. The Morgan fingerprint density at radius 2 is 2.05 bits per heavy atom. The van der Waals surface area contributed by atoms with E-state index in [0.29, 0.717) is 5.22 Å². The maximum Gasteiger partial charge on any atom is 0.261 e. The molecule has 0 bridgehead atoms. The van der Waals surface area contributed by atoms with Crippen LogP contribution in [0.5, 0.6) is 0 Å². The average molecular weight is 284 g/mol. The Bertz CT molecular complexity index is 703. The minimum Gasteiger partial charge on any atom is -0.431 e. The molecule has 3 nitrogen and oxygen atoms in total. The van der Waals surface area contributed by atoms with Gasteiger partial charge >= 0.3 is 0 Å². The topological polar surface area (TPSA) is 38.1 Å². The number of nitrogens with zero attached hydrogens (tertiary/aromatic N) is 1. The van der Waals surface area contributed by atoms with Crippen LogP contribution in [0.15, 0.2) is 57.0 Å². The Morgan fingerprint density at radius 3 is 2.85 bits per heavy atom. The minimum atomic E-state index is 0.687. The van der Waals surface area contributed by atoms with Gasteiger partial charge in [-0.05, 0) is 49.5 Å². The van der Waals surface area contributed by atoms with Gasteiger partial charge in [0.25, 0.3) is 5.22 Å². The molecule has 102 valence electrons. The number of aryl methyl sites for hydroxylation is 1. The van der Waals surface area contributed by atoms with Crippen LogP contribution in [0.25, 0.3) is 11.1 Å². The fraction of sp³-hybridized carbons (Fsp3) is 0.188. The normalized spacial score (nSPS) is 11.1. The van der Waals surface area contributed by atoms with E-state index in [1.54, 1.807) is 11.8 Å². The minimum absolute atomic E-state index is 0.687. The summed E-state index contributed by atoms with van der Waals surface area (Å²) in [5.41, 5.74) is 4.26. The third-order valence-corrected chi connectivity index (χ3v) is 4.02. The maximum absolute atomic E-state index is 5.77. The van der Waals surface area contributed by atoms with Gasteiger partial charge in [0, 0.05) is 11.4 Å². The van der Waals surface area contributed by atoms with Gasteiger partial charge in [0.05, 0.1) is 0 Å². The van der Waals surface area contributed by atoms with Crippen molar-refractivity contribution in [2.75, 3.05) is 7.05 Å². The predicted octanol–water partition coefficient (Wildman–Crippen LogP) is 4.01. The van der Waals surface area contributed by atoms with E-state index < -0.39 is 0 Å². The highest BCUT2D eigenvalue weighted by atomic mass is 32.2. The number of nitrogens with one attached hydrogen (secondary N) is 1. The average Bonchev–Trinajstić information content (AvgIpc) is 2.84. The van der Waals surface area contributed by atoms with Crippen molar-refractivity contribution in [2.24, 2.45) is 0 Å². The predicted molar refractivity (Wildman–Crippen MR) is 82.1 cm³/mol. The SMILES string of the molecule is CNCc1cc(C)ccc1Sc1nc2ccccc2o1.